The van der Waals surface area contributed by atoms with Crippen molar-refractivity contribution in [3.05, 3.63) is 83.7 Å². The number of para-hydroxylation sites is 1. The molecular weight excluding hydrogens is 393 g/mol. The van der Waals surface area contributed by atoms with Gasteiger partial charge in [-0.05, 0) is 24.6 Å². The highest BCUT2D eigenvalue weighted by Gasteiger charge is 2.29. The molecule has 2 aromatic carbocycles. The lowest BCUT2D eigenvalue weighted by atomic mass is 10.0. The predicted octanol–water partition coefficient (Wildman–Crippen LogP) is 6.01. The molecule has 1 atom stereocenters. The van der Waals surface area contributed by atoms with Crippen LogP contribution in [0.4, 0.5) is 16.3 Å². The van der Waals surface area contributed by atoms with Crippen LogP contribution in [0.15, 0.2) is 67.3 Å². The van der Waals surface area contributed by atoms with E-state index in [4.69, 9.17) is 16.3 Å². The standard InChI is InChI=1S/C21H19ClFN5O/c1-2-17(28(20-24-10-11-25-20)21-26-12-13-27-21)15-8-9-16(22)19(18(15)23)29-14-6-4-3-5-7-14/h3-13,17H,2H2,1H3,(H,24,25)(H,26,27)/t17-/m0/s1. The first-order valence-corrected chi connectivity index (χ1v) is 9.55. The van der Waals surface area contributed by atoms with Gasteiger partial charge in [0.2, 0.25) is 11.9 Å². The molecule has 0 radical (unpaired) electrons. The number of ether oxygens (including phenoxy) is 1. The summed E-state index contributed by atoms with van der Waals surface area (Å²) in [6.07, 6.45) is 7.28. The largest absolute Gasteiger partial charge is 0.453 e. The number of H-pyrrole nitrogens is 2. The molecule has 0 aliphatic heterocycles. The second-order valence-corrected chi connectivity index (χ2v) is 6.72. The molecule has 2 N–H and O–H groups in total. The summed E-state index contributed by atoms with van der Waals surface area (Å²) in [5, 5.41) is 0.201. The number of aromatic nitrogens is 4. The monoisotopic (exact) mass is 411 g/mol. The predicted molar refractivity (Wildman–Crippen MR) is 110 cm³/mol. The molecule has 0 spiro atoms. The summed E-state index contributed by atoms with van der Waals surface area (Å²) in [6.45, 7) is 1.97. The van der Waals surface area contributed by atoms with Gasteiger partial charge in [0.25, 0.3) is 0 Å². The summed E-state index contributed by atoms with van der Waals surface area (Å²) >= 11 is 6.26. The number of nitrogens with zero attached hydrogens (tertiary/aromatic N) is 3. The minimum absolute atomic E-state index is 0.00680. The number of aromatic amines is 2. The Morgan fingerprint density at radius 2 is 1.69 bits per heavy atom. The number of imidazole rings is 2. The summed E-state index contributed by atoms with van der Waals surface area (Å²) in [7, 11) is 0. The highest BCUT2D eigenvalue weighted by molar-refractivity contribution is 6.32. The smallest absolute Gasteiger partial charge is 0.210 e. The van der Waals surface area contributed by atoms with E-state index < -0.39 is 11.9 Å². The average Bonchev–Trinajstić information content (AvgIpc) is 3.45. The molecule has 0 saturated carbocycles. The third kappa shape index (κ3) is 3.82. The summed E-state index contributed by atoms with van der Waals surface area (Å²) in [4.78, 5) is 16.6. The van der Waals surface area contributed by atoms with E-state index in [-0.39, 0.29) is 10.8 Å². The molecule has 0 amide bonds. The first-order valence-electron chi connectivity index (χ1n) is 9.17. The van der Waals surface area contributed by atoms with Crippen molar-refractivity contribution in [1.82, 2.24) is 19.9 Å². The number of nitrogens with one attached hydrogen (secondary N) is 2. The van der Waals surface area contributed by atoms with E-state index in [0.29, 0.717) is 29.6 Å². The van der Waals surface area contributed by atoms with Crippen LogP contribution in [0, 0.1) is 5.82 Å². The van der Waals surface area contributed by atoms with Gasteiger partial charge >= 0.3 is 0 Å². The number of hydrogen-bond acceptors (Lipinski definition) is 4. The normalized spacial score (nSPS) is 12.0. The van der Waals surface area contributed by atoms with E-state index in [0.717, 1.165) is 0 Å². The van der Waals surface area contributed by atoms with Gasteiger partial charge in [0.05, 0.1) is 11.1 Å². The topological polar surface area (TPSA) is 69.8 Å². The summed E-state index contributed by atoms with van der Waals surface area (Å²) in [5.41, 5.74) is 0.427. The fourth-order valence-corrected chi connectivity index (χ4v) is 3.40. The van der Waals surface area contributed by atoms with Gasteiger partial charge in [0.1, 0.15) is 5.75 Å². The fourth-order valence-electron chi connectivity index (χ4n) is 3.22. The van der Waals surface area contributed by atoms with Crippen molar-refractivity contribution in [2.24, 2.45) is 0 Å². The zero-order chi connectivity index (χ0) is 20.2. The maximum Gasteiger partial charge on any atom is 0.210 e. The minimum atomic E-state index is -0.517. The second kappa shape index (κ2) is 8.36. The zero-order valence-corrected chi connectivity index (χ0v) is 16.4. The van der Waals surface area contributed by atoms with Crippen LogP contribution < -0.4 is 9.64 Å². The molecule has 148 valence electrons. The molecule has 4 aromatic rings. The second-order valence-electron chi connectivity index (χ2n) is 6.31. The molecule has 0 aliphatic rings. The van der Waals surface area contributed by atoms with E-state index in [2.05, 4.69) is 19.9 Å². The van der Waals surface area contributed by atoms with Gasteiger partial charge in [-0.1, -0.05) is 42.8 Å². The molecule has 0 bridgehead atoms. The van der Waals surface area contributed by atoms with Crippen molar-refractivity contribution in [3.63, 3.8) is 0 Å². The lowest BCUT2D eigenvalue weighted by Crippen LogP contribution is -2.26. The lowest BCUT2D eigenvalue weighted by Gasteiger charge is -2.29. The van der Waals surface area contributed by atoms with Crippen molar-refractivity contribution in [3.8, 4) is 11.5 Å². The first kappa shape index (κ1) is 19.0. The van der Waals surface area contributed by atoms with Crippen LogP contribution in [0.5, 0.6) is 11.5 Å². The molecular formula is C21H19ClFN5O. The molecule has 0 aliphatic carbocycles. The quantitative estimate of drug-likeness (QED) is 0.391. The summed E-state index contributed by atoms with van der Waals surface area (Å²) in [6, 6.07) is 11.9. The molecule has 8 heteroatoms. The van der Waals surface area contributed by atoms with E-state index in [9.17, 15) is 0 Å². The number of anilines is 2. The van der Waals surface area contributed by atoms with Crippen LogP contribution in [0.2, 0.25) is 5.02 Å². The van der Waals surface area contributed by atoms with Gasteiger partial charge in [-0.15, -0.1) is 0 Å². The van der Waals surface area contributed by atoms with Crippen LogP contribution in [0.1, 0.15) is 24.9 Å². The number of rotatable bonds is 7. The Kier molecular flexibility index (Phi) is 5.48. The van der Waals surface area contributed by atoms with Crippen LogP contribution in [0.3, 0.4) is 0 Å². The maximum atomic E-state index is 15.6. The Bertz CT molecular complexity index is 1020. The molecule has 4 rings (SSSR count). The van der Waals surface area contributed by atoms with Gasteiger partial charge in [-0.3, -0.25) is 4.90 Å². The molecule has 0 unspecified atom stereocenters. The number of benzene rings is 2. The minimum Gasteiger partial charge on any atom is -0.453 e. The molecule has 29 heavy (non-hydrogen) atoms. The average molecular weight is 412 g/mol. The first-order chi connectivity index (χ1) is 14.2. The molecule has 2 heterocycles. The van der Waals surface area contributed by atoms with Crippen molar-refractivity contribution >= 4 is 23.5 Å². The fraction of sp³-hybridized carbons (Fsp3) is 0.143. The van der Waals surface area contributed by atoms with E-state index in [1.165, 1.54) is 0 Å². The molecule has 0 saturated heterocycles. The molecule has 6 nitrogen and oxygen atoms in total. The number of halogens is 2. The lowest BCUT2D eigenvalue weighted by molar-refractivity contribution is 0.433. The highest BCUT2D eigenvalue weighted by atomic mass is 35.5. The third-order valence-electron chi connectivity index (χ3n) is 4.52. The van der Waals surface area contributed by atoms with Crippen LogP contribution in [-0.4, -0.2) is 19.9 Å². The van der Waals surface area contributed by atoms with Gasteiger partial charge in [-0.25, -0.2) is 14.4 Å². The van der Waals surface area contributed by atoms with Crippen molar-refractivity contribution < 1.29 is 9.13 Å². The van der Waals surface area contributed by atoms with Crippen molar-refractivity contribution in [1.29, 1.82) is 0 Å². The van der Waals surface area contributed by atoms with E-state index >= 15 is 4.39 Å². The summed E-state index contributed by atoms with van der Waals surface area (Å²) in [5.74, 6) is 1.08. The van der Waals surface area contributed by atoms with Gasteiger partial charge in [0.15, 0.2) is 11.6 Å². The Hall–Kier alpha value is -3.32. The SMILES string of the molecule is CC[C@@H](c1ccc(Cl)c(Oc2ccccc2)c1F)N(c1ncc[nH]1)c1ncc[nH]1. The third-order valence-corrected chi connectivity index (χ3v) is 4.82. The maximum absolute atomic E-state index is 15.6. The van der Waals surface area contributed by atoms with Gasteiger partial charge < -0.3 is 14.7 Å². The Morgan fingerprint density at radius 1 is 1.03 bits per heavy atom. The number of hydrogen-bond donors (Lipinski definition) is 2. The van der Waals surface area contributed by atoms with E-state index in [1.807, 2.05) is 30.0 Å². The van der Waals surface area contributed by atoms with Gasteiger partial charge in [-0.2, -0.15) is 0 Å². The van der Waals surface area contributed by atoms with Crippen molar-refractivity contribution in [2.45, 2.75) is 19.4 Å². The van der Waals surface area contributed by atoms with E-state index in [1.54, 1.807) is 49.1 Å². The molecule has 0 fully saturated rings. The van der Waals surface area contributed by atoms with Gasteiger partial charge in [0, 0.05) is 30.4 Å². The van der Waals surface area contributed by atoms with Crippen LogP contribution in [-0.2, 0) is 0 Å². The zero-order valence-electron chi connectivity index (χ0n) is 15.6. The van der Waals surface area contributed by atoms with Crippen LogP contribution >= 0.6 is 11.6 Å². The molecule has 2 aromatic heterocycles. The van der Waals surface area contributed by atoms with Crippen LogP contribution in [0.25, 0.3) is 0 Å². The highest BCUT2D eigenvalue weighted by Crippen LogP contribution is 2.40. The summed E-state index contributed by atoms with van der Waals surface area (Å²) < 4.78 is 21.4. The Labute approximate surface area is 172 Å². The van der Waals surface area contributed by atoms with Crippen molar-refractivity contribution in [2.75, 3.05) is 4.90 Å². The Morgan fingerprint density at radius 3 is 2.24 bits per heavy atom. The Balaban J connectivity index is 1.78.